The number of para-hydroxylation sites is 1. The van der Waals surface area contributed by atoms with Gasteiger partial charge in [-0.25, -0.2) is 0 Å². The second-order valence-corrected chi connectivity index (χ2v) is 8.30. The second-order valence-electron chi connectivity index (χ2n) is 8.30. The molecule has 0 fully saturated rings. The molecule has 3 aromatic rings. The Hall–Kier alpha value is -2.75. The van der Waals surface area contributed by atoms with E-state index in [1.165, 1.54) is 23.3 Å². The van der Waals surface area contributed by atoms with Gasteiger partial charge in [0, 0.05) is 26.8 Å². The Balaban J connectivity index is 0.00000304. The Labute approximate surface area is 215 Å². The zero-order chi connectivity index (χ0) is 24.8. The van der Waals surface area contributed by atoms with Gasteiger partial charge in [0.1, 0.15) is 0 Å². The van der Waals surface area contributed by atoms with Gasteiger partial charge in [-0.1, -0.05) is 18.2 Å². The normalized spacial score (nSPS) is 18.8. The van der Waals surface area contributed by atoms with E-state index in [-0.39, 0.29) is 26.6 Å². The van der Waals surface area contributed by atoms with Crippen LogP contribution in [0.25, 0.3) is 0 Å². The fourth-order valence-corrected chi connectivity index (χ4v) is 3.86. The average molecular weight is 621 g/mol. The van der Waals surface area contributed by atoms with E-state index in [2.05, 4.69) is 67.7 Å². The number of nitrogens with zero attached hydrogens (tertiary/aromatic N) is 4. The molecule has 0 radical (unpaired) electrons. The third kappa shape index (κ3) is 4.53. The molecule has 6 heteroatoms. The van der Waals surface area contributed by atoms with Crippen LogP contribution in [0.15, 0.2) is 73.1 Å². The van der Waals surface area contributed by atoms with Gasteiger partial charge in [-0.15, -0.1) is 47.8 Å². The predicted molar refractivity (Wildman–Crippen MR) is 128 cm³/mol. The average Bonchev–Trinajstić information content (AvgIpc) is 3.33. The van der Waals surface area contributed by atoms with Gasteiger partial charge in [0.25, 0.3) is 0 Å². The van der Waals surface area contributed by atoms with Crippen LogP contribution in [0.1, 0.15) is 23.5 Å². The number of rotatable bonds is 4. The Bertz CT molecular complexity index is 1260. The van der Waals surface area contributed by atoms with Crippen molar-refractivity contribution in [2.75, 3.05) is 23.8 Å². The quantitative estimate of drug-likeness (QED) is 0.340. The first-order valence-corrected chi connectivity index (χ1v) is 10.4. The maximum absolute atomic E-state index is 7.56. The Morgan fingerprint density at radius 2 is 1.58 bits per heavy atom. The minimum absolute atomic E-state index is 0. The summed E-state index contributed by atoms with van der Waals surface area (Å²) < 4.78 is 28.8. The Kier molecular flexibility index (Phi) is 5.52. The smallest absolute Gasteiger partial charge is 0.510 e. The summed E-state index contributed by atoms with van der Waals surface area (Å²) in [4.78, 5) is 7.17. The number of benzene rings is 3. The topological polar surface area (TPSA) is 22.2 Å². The summed E-state index contributed by atoms with van der Waals surface area (Å²) in [6.07, 6.45) is 3.19. The molecule has 0 saturated heterocycles. The third-order valence-electron chi connectivity index (χ3n) is 5.89. The summed E-state index contributed by atoms with van der Waals surface area (Å²) in [5, 5.41) is 0. The van der Waals surface area contributed by atoms with E-state index < -0.39 is 6.98 Å². The van der Waals surface area contributed by atoms with Gasteiger partial charge in [-0.2, -0.15) is 25.5 Å². The first-order chi connectivity index (χ1) is 16.6. The second kappa shape index (κ2) is 9.24. The van der Waals surface area contributed by atoms with E-state index in [1.807, 2.05) is 42.5 Å². The van der Waals surface area contributed by atoms with E-state index in [1.54, 1.807) is 11.1 Å². The molecule has 0 amide bonds. The molecular weight excluding hydrogens is 591 g/mol. The molecule has 0 bridgehead atoms. The molecule has 0 N–H and O–H groups in total. The maximum Gasteiger partial charge on any atom is 4.00 e. The molecule has 5 rings (SSSR count). The fourth-order valence-electron chi connectivity index (χ4n) is 3.86. The molecule has 0 aromatic heterocycles. The zero-order valence-electron chi connectivity index (χ0n) is 21.6. The SMILES string of the molecule is [2H]C([2H])([2H])N1C=CN(c2[c-]c(Oc3[c-]c(N4[CH-]N(C)C(C)(C)c5ccccc54)ccc3)ccc2)[CH-]1.[Pt+4]. The van der Waals surface area contributed by atoms with Gasteiger partial charge < -0.3 is 24.3 Å². The molecule has 2 aliphatic rings. The van der Waals surface area contributed by atoms with E-state index in [0.717, 1.165) is 11.4 Å². The molecule has 2 heterocycles. The molecule has 2 aliphatic heterocycles. The van der Waals surface area contributed by atoms with Gasteiger partial charge >= 0.3 is 21.1 Å². The molecule has 0 unspecified atom stereocenters. The molecule has 3 aromatic carbocycles. The van der Waals surface area contributed by atoms with Crippen LogP contribution < -0.4 is 14.5 Å². The van der Waals surface area contributed by atoms with Crippen LogP contribution in [0, 0.1) is 25.5 Å². The summed E-state index contributed by atoms with van der Waals surface area (Å²) in [7, 11) is 2.07. The van der Waals surface area contributed by atoms with Gasteiger partial charge in [-0.3, -0.25) is 0 Å². The number of anilines is 3. The van der Waals surface area contributed by atoms with Crippen LogP contribution in [0.5, 0.6) is 11.5 Å². The predicted octanol–water partition coefficient (Wildman–Crippen LogP) is 5.86. The standard InChI is InChI=1S/C27H26N4O.Pt/c1-27(2)25-13-5-6-14-26(25)31(20-29(27)4)22-10-8-12-24(18-22)32-23-11-7-9-21(17-23)30-16-15-28(3)19-30;/h5-16,19-20H,1-4H3;/q-4;+4/i3D3;. The van der Waals surface area contributed by atoms with Crippen molar-refractivity contribution in [3.63, 3.8) is 0 Å². The number of hydrogen-bond acceptors (Lipinski definition) is 5. The molecule has 0 saturated carbocycles. The van der Waals surface area contributed by atoms with Gasteiger partial charge in [0.05, 0.1) is 0 Å². The fraction of sp³-hybridized carbons (Fsp3) is 0.185. The summed E-state index contributed by atoms with van der Waals surface area (Å²) in [6.45, 7) is 5.77. The zero-order valence-corrected chi connectivity index (χ0v) is 20.9. The van der Waals surface area contributed by atoms with Crippen LogP contribution in [0.3, 0.4) is 0 Å². The van der Waals surface area contributed by atoms with Crippen LogP contribution in [0.4, 0.5) is 17.1 Å². The summed E-state index contributed by atoms with van der Waals surface area (Å²) in [6, 6.07) is 26.2. The molecule has 170 valence electrons. The third-order valence-corrected chi connectivity index (χ3v) is 5.89. The minimum Gasteiger partial charge on any atom is -0.510 e. The van der Waals surface area contributed by atoms with E-state index in [0.29, 0.717) is 17.2 Å². The van der Waals surface area contributed by atoms with E-state index in [4.69, 9.17) is 8.85 Å². The van der Waals surface area contributed by atoms with Crippen molar-refractivity contribution in [3.8, 4) is 11.5 Å². The van der Waals surface area contributed by atoms with Crippen LogP contribution in [-0.2, 0) is 26.6 Å². The van der Waals surface area contributed by atoms with Crippen molar-refractivity contribution in [1.29, 1.82) is 0 Å². The number of hydrogen-bond donors (Lipinski definition) is 0. The van der Waals surface area contributed by atoms with Crippen molar-refractivity contribution < 1.29 is 29.9 Å². The van der Waals surface area contributed by atoms with E-state index >= 15 is 0 Å². The van der Waals surface area contributed by atoms with Crippen molar-refractivity contribution in [2.45, 2.75) is 19.4 Å². The summed E-state index contributed by atoms with van der Waals surface area (Å²) >= 11 is 0. The van der Waals surface area contributed by atoms with Crippen LogP contribution in [-0.4, -0.2) is 23.8 Å². The monoisotopic (exact) mass is 620 g/mol. The molecular formula is C27H26N4OPt. The Morgan fingerprint density at radius 1 is 0.879 bits per heavy atom. The molecule has 0 atom stereocenters. The van der Waals surface area contributed by atoms with Crippen molar-refractivity contribution in [1.82, 2.24) is 9.80 Å². The van der Waals surface area contributed by atoms with Crippen LogP contribution >= 0.6 is 0 Å². The van der Waals surface area contributed by atoms with Crippen molar-refractivity contribution in [3.05, 3.63) is 104 Å². The molecule has 0 spiro atoms. The first-order valence-electron chi connectivity index (χ1n) is 11.9. The van der Waals surface area contributed by atoms with Crippen molar-refractivity contribution in [2.24, 2.45) is 0 Å². The summed E-state index contributed by atoms with van der Waals surface area (Å²) in [5.41, 5.74) is 3.73. The molecule has 33 heavy (non-hydrogen) atoms. The number of fused-ring (bicyclic) bond motifs is 1. The van der Waals surface area contributed by atoms with Gasteiger partial charge in [-0.05, 0) is 51.9 Å². The largest absolute Gasteiger partial charge is 4.00 e. The summed E-state index contributed by atoms with van der Waals surface area (Å²) in [5.74, 6) is 1.06. The number of ether oxygens (including phenoxy) is 1. The Morgan fingerprint density at radius 3 is 2.30 bits per heavy atom. The van der Waals surface area contributed by atoms with Crippen molar-refractivity contribution >= 4 is 17.1 Å². The minimum atomic E-state index is -2.23. The van der Waals surface area contributed by atoms with Gasteiger partial charge in [0.15, 0.2) is 0 Å². The first kappa shape index (κ1) is 19.7. The molecule has 0 aliphatic carbocycles. The maximum atomic E-state index is 7.56. The van der Waals surface area contributed by atoms with E-state index in [9.17, 15) is 0 Å². The molecule has 5 nitrogen and oxygen atoms in total. The van der Waals surface area contributed by atoms with Gasteiger partial charge in [0.2, 0.25) is 0 Å². The van der Waals surface area contributed by atoms with Crippen LogP contribution in [0.2, 0.25) is 0 Å².